The van der Waals surface area contributed by atoms with Crippen molar-refractivity contribution in [2.24, 2.45) is 4.99 Å². The van der Waals surface area contributed by atoms with Gasteiger partial charge in [-0.15, -0.1) is 0 Å². The first-order valence-corrected chi connectivity index (χ1v) is 2.69. The van der Waals surface area contributed by atoms with Crippen molar-refractivity contribution in [3.8, 4) is 0 Å². The van der Waals surface area contributed by atoms with Crippen molar-refractivity contribution in [1.82, 2.24) is 4.90 Å². The van der Waals surface area contributed by atoms with Gasteiger partial charge in [-0.05, 0) is 6.92 Å². The summed E-state index contributed by atoms with van der Waals surface area (Å²) in [5, 5.41) is 0. The van der Waals surface area contributed by atoms with Crippen LogP contribution in [0.25, 0.3) is 0 Å². The Bertz CT molecular complexity index is 135. The van der Waals surface area contributed by atoms with E-state index < -0.39 is 0 Å². The van der Waals surface area contributed by atoms with Gasteiger partial charge in [-0.2, -0.15) is 0 Å². The molecule has 0 aromatic rings. The SMILES string of the molecule is CC1=NC=CN(C)C1. The number of aliphatic imine (C=N–C) groups is 1. The highest BCUT2D eigenvalue weighted by Crippen LogP contribution is 1.94. The van der Waals surface area contributed by atoms with Gasteiger partial charge in [-0.3, -0.25) is 4.99 Å². The molecule has 8 heavy (non-hydrogen) atoms. The first-order valence-electron chi connectivity index (χ1n) is 2.69. The first-order chi connectivity index (χ1) is 3.79. The molecular formula is C6H10N2. The summed E-state index contributed by atoms with van der Waals surface area (Å²) in [6, 6.07) is 0. The van der Waals surface area contributed by atoms with E-state index in [1.807, 2.05) is 26.4 Å². The topological polar surface area (TPSA) is 15.6 Å². The van der Waals surface area contributed by atoms with Gasteiger partial charge < -0.3 is 4.90 Å². The molecule has 0 fully saturated rings. The second kappa shape index (κ2) is 1.99. The van der Waals surface area contributed by atoms with Crippen molar-refractivity contribution in [2.75, 3.05) is 13.6 Å². The van der Waals surface area contributed by atoms with E-state index in [2.05, 4.69) is 9.89 Å². The van der Waals surface area contributed by atoms with Gasteiger partial charge in [-0.25, -0.2) is 0 Å². The summed E-state index contributed by atoms with van der Waals surface area (Å²) in [6.07, 6.45) is 3.78. The van der Waals surface area contributed by atoms with Gasteiger partial charge in [0.25, 0.3) is 0 Å². The van der Waals surface area contributed by atoms with E-state index in [0.29, 0.717) is 0 Å². The van der Waals surface area contributed by atoms with Crippen LogP contribution in [0.15, 0.2) is 17.4 Å². The quantitative estimate of drug-likeness (QED) is 0.451. The summed E-state index contributed by atoms with van der Waals surface area (Å²) in [5.74, 6) is 0. The molecule has 0 radical (unpaired) electrons. The van der Waals surface area contributed by atoms with E-state index in [-0.39, 0.29) is 0 Å². The maximum atomic E-state index is 4.07. The Hall–Kier alpha value is -0.790. The molecule has 0 amide bonds. The zero-order chi connectivity index (χ0) is 5.98. The average molecular weight is 110 g/mol. The van der Waals surface area contributed by atoms with Crippen LogP contribution in [0, 0.1) is 0 Å². The average Bonchev–Trinajstić information content (AvgIpc) is 1.64. The van der Waals surface area contributed by atoms with Crippen molar-refractivity contribution < 1.29 is 0 Å². The third-order valence-electron chi connectivity index (χ3n) is 1.09. The van der Waals surface area contributed by atoms with Crippen LogP contribution in [0.2, 0.25) is 0 Å². The van der Waals surface area contributed by atoms with Crippen LogP contribution in [-0.2, 0) is 0 Å². The van der Waals surface area contributed by atoms with Gasteiger partial charge in [0, 0.05) is 25.2 Å². The number of hydrogen-bond acceptors (Lipinski definition) is 2. The second-order valence-electron chi connectivity index (χ2n) is 2.08. The molecule has 0 aromatic heterocycles. The summed E-state index contributed by atoms with van der Waals surface area (Å²) in [7, 11) is 2.04. The van der Waals surface area contributed by atoms with E-state index in [0.717, 1.165) is 6.54 Å². The Balaban J connectivity index is 2.59. The lowest BCUT2D eigenvalue weighted by atomic mass is 10.4. The number of nitrogens with zero attached hydrogens (tertiary/aromatic N) is 2. The summed E-state index contributed by atoms with van der Waals surface area (Å²) in [5.41, 5.74) is 1.18. The molecule has 0 saturated carbocycles. The molecule has 0 aromatic carbocycles. The highest BCUT2D eigenvalue weighted by atomic mass is 15.1. The molecule has 0 saturated heterocycles. The van der Waals surface area contributed by atoms with E-state index in [1.165, 1.54) is 5.71 Å². The Morgan fingerprint density at radius 2 is 2.50 bits per heavy atom. The molecule has 0 aliphatic carbocycles. The molecule has 44 valence electrons. The third kappa shape index (κ3) is 1.09. The van der Waals surface area contributed by atoms with Crippen molar-refractivity contribution in [2.45, 2.75) is 6.92 Å². The summed E-state index contributed by atoms with van der Waals surface area (Å²) >= 11 is 0. The highest BCUT2D eigenvalue weighted by Gasteiger charge is 1.96. The fourth-order valence-electron chi connectivity index (χ4n) is 0.729. The van der Waals surface area contributed by atoms with Crippen molar-refractivity contribution in [3.63, 3.8) is 0 Å². The van der Waals surface area contributed by atoms with Gasteiger partial charge in [0.2, 0.25) is 0 Å². The fraction of sp³-hybridized carbons (Fsp3) is 0.500. The number of hydrogen-bond donors (Lipinski definition) is 0. The van der Waals surface area contributed by atoms with Crippen LogP contribution in [0.4, 0.5) is 0 Å². The Labute approximate surface area is 49.5 Å². The maximum absolute atomic E-state index is 4.07. The summed E-state index contributed by atoms with van der Waals surface area (Å²) in [6.45, 7) is 3.00. The lowest BCUT2D eigenvalue weighted by Crippen LogP contribution is -2.20. The lowest BCUT2D eigenvalue weighted by molar-refractivity contribution is 0.516. The monoisotopic (exact) mass is 110 g/mol. The van der Waals surface area contributed by atoms with Crippen molar-refractivity contribution >= 4 is 5.71 Å². The molecule has 1 heterocycles. The maximum Gasteiger partial charge on any atom is 0.0551 e. The van der Waals surface area contributed by atoms with E-state index in [4.69, 9.17) is 0 Å². The third-order valence-corrected chi connectivity index (χ3v) is 1.09. The molecule has 1 aliphatic rings. The van der Waals surface area contributed by atoms with Crippen molar-refractivity contribution in [1.29, 1.82) is 0 Å². The van der Waals surface area contributed by atoms with Crippen LogP contribution in [0.3, 0.4) is 0 Å². The fourth-order valence-corrected chi connectivity index (χ4v) is 0.729. The number of rotatable bonds is 0. The predicted octanol–water partition coefficient (Wildman–Crippen LogP) is 0.864. The van der Waals surface area contributed by atoms with Crippen LogP contribution >= 0.6 is 0 Å². The van der Waals surface area contributed by atoms with Crippen molar-refractivity contribution in [3.05, 3.63) is 12.4 Å². The predicted molar refractivity (Wildman–Crippen MR) is 34.9 cm³/mol. The molecule has 2 nitrogen and oxygen atoms in total. The van der Waals surface area contributed by atoms with E-state index in [9.17, 15) is 0 Å². The molecule has 2 heteroatoms. The molecule has 0 spiro atoms. The van der Waals surface area contributed by atoms with Gasteiger partial charge >= 0.3 is 0 Å². The Morgan fingerprint density at radius 1 is 1.75 bits per heavy atom. The van der Waals surface area contributed by atoms with Gasteiger partial charge in [0.1, 0.15) is 0 Å². The first kappa shape index (κ1) is 5.35. The standard InChI is InChI=1S/C6H10N2/c1-6-5-8(2)4-3-7-6/h3-4H,5H2,1-2H3. The summed E-state index contributed by atoms with van der Waals surface area (Å²) in [4.78, 5) is 6.17. The van der Waals surface area contributed by atoms with Gasteiger partial charge in [0.05, 0.1) is 6.54 Å². The zero-order valence-corrected chi connectivity index (χ0v) is 5.26. The molecule has 0 bridgehead atoms. The smallest absolute Gasteiger partial charge is 0.0551 e. The molecule has 0 atom stereocenters. The summed E-state index contributed by atoms with van der Waals surface area (Å²) < 4.78 is 0. The molecular weight excluding hydrogens is 100 g/mol. The Kier molecular flexibility index (Phi) is 1.33. The largest absolute Gasteiger partial charge is 0.374 e. The lowest BCUT2D eigenvalue weighted by Gasteiger charge is -2.15. The van der Waals surface area contributed by atoms with Crippen LogP contribution < -0.4 is 0 Å². The van der Waals surface area contributed by atoms with Gasteiger partial charge in [-0.1, -0.05) is 0 Å². The zero-order valence-electron chi connectivity index (χ0n) is 5.26. The minimum Gasteiger partial charge on any atom is -0.374 e. The highest BCUT2D eigenvalue weighted by molar-refractivity contribution is 5.85. The van der Waals surface area contributed by atoms with E-state index >= 15 is 0 Å². The second-order valence-corrected chi connectivity index (χ2v) is 2.08. The Morgan fingerprint density at radius 3 is 2.88 bits per heavy atom. The molecule has 1 aliphatic heterocycles. The van der Waals surface area contributed by atoms with Crippen LogP contribution in [-0.4, -0.2) is 24.2 Å². The normalized spacial score (nSPS) is 18.8. The minimum absolute atomic E-state index is 0.969. The molecule has 0 N–H and O–H groups in total. The van der Waals surface area contributed by atoms with Crippen LogP contribution in [0.1, 0.15) is 6.92 Å². The molecule has 1 rings (SSSR count). The molecule has 0 unspecified atom stereocenters. The van der Waals surface area contributed by atoms with Crippen LogP contribution in [0.5, 0.6) is 0 Å². The van der Waals surface area contributed by atoms with E-state index in [1.54, 1.807) is 0 Å². The minimum atomic E-state index is 0.969. The van der Waals surface area contributed by atoms with Gasteiger partial charge in [0.15, 0.2) is 0 Å².